The van der Waals surface area contributed by atoms with Gasteiger partial charge in [0.25, 0.3) is 0 Å². The van der Waals surface area contributed by atoms with E-state index in [1.54, 1.807) is 0 Å². The summed E-state index contributed by atoms with van der Waals surface area (Å²) in [6.45, 7) is 1.06. The highest BCUT2D eigenvalue weighted by Crippen LogP contribution is 2.50. The Labute approximate surface area is 251 Å². The van der Waals surface area contributed by atoms with Crippen molar-refractivity contribution in [2.75, 3.05) is 6.66 Å². The molecule has 0 aliphatic rings. The van der Waals surface area contributed by atoms with E-state index >= 15 is 0 Å². The van der Waals surface area contributed by atoms with Crippen LogP contribution in [0.25, 0.3) is 44.6 Å². The van der Waals surface area contributed by atoms with Gasteiger partial charge in [-0.25, -0.2) is 4.57 Å². The first-order chi connectivity index (χ1) is 21.3. The van der Waals surface area contributed by atoms with Crippen molar-refractivity contribution in [2.24, 2.45) is 0 Å². The molecule has 0 radical (unpaired) electrons. The smallest absolute Gasteiger partial charge is 0.427 e. The molecule has 0 saturated carbocycles. The quantitative estimate of drug-likeness (QED) is 0.121. The molecule has 45 heavy (non-hydrogen) atoms. The van der Waals surface area contributed by atoms with Gasteiger partial charge in [-0.2, -0.15) is 0 Å². The van der Waals surface area contributed by atoms with Crippen LogP contribution in [-0.4, -0.2) is 37.3 Å². The number of hydrogen-bond acceptors (Lipinski definition) is 13. The molecule has 14 heteroatoms. The van der Waals surface area contributed by atoms with E-state index in [1.165, 1.54) is 60.7 Å². The summed E-state index contributed by atoms with van der Waals surface area (Å²) in [4.78, 5) is 25.2. The van der Waals surface area contributed by atoms with Crippen LogP contribution in [0, 0.1) is 0 Å². The van der Waals surface area contributed by atoms with Crippen LogP contribution in [0.3, 0.4) is 0 Å². The first-order valence-electron chi connectivity index (χ1n) is 12.9. The minimum absolute atomic E-state index is 0.0119. The van der Waals surface area contributed by atoms with Crippen LogP contribution in [0.1, 0.15) is 0 Å². The summed E-state index contributed by atoms with van der Waals surface area (Å²) in [6.07, 6.45) is 0. The molecule has 0 aliphatic heterocycles. The third-order valence-corrected chi connectivity index (χ3v) is 7.73. The van der Waals surface area contributed by atoms with Gasteiger partial charge in [-0.15, -0.1) is 0 Å². The molecule has 2 heterocycles. The van der Waals surface area contributed by atoms with E-state index in [1.807, 2.05) is 0 Å². The number of hydrogen-bond donors (Lipinski definition) is 6. The molecule has 0 bridgehead atoms. The van der Waals surface area contributed by atoms with Crippen molar-refractivity contribution in [1.82, 2.24) is 0 Å². The second-order valence-corrected chi connectivity index (χ2v) is 11.8. The number of phenols is 4. The van der Waals surface area contributed by atoms with Gasteiger partial charge in [-0.05, 0) is 60.7 Å². The zero-order chi connectivity index (χ0) is 32.2. The van der Waals surface area contributed by atoms with Gasteiger partial charge in [0.2, 0.25) is 22.4 Å². The fraction of sp³-hybridized carbons (Fsp3) is 0.0323. The Morgan fingerprint density at radius 1 is 0.578 bits per heavy atom. The summed E-state index contributed by atoms with van der Waals surface area (Å²) in [5.41, 5.74) is -1.44. The molecule has 0 aliphatic carbocycles. The van der Waals surface area contributed by atoms with E-state index in [0.717, 1.165) is 18.8 Å². The van der Waals surface area contributed by atoms with Crippen LogP contribution in [0.2, 0.25) is 0 Å². The average Bonchev–Trinajstić information content (AvgIpc) is 2.98. The SMILES string of the molecule is CP(=O)(Oc1ccc(-c2oc3cc(O)ccc3c(=O)c2O)cc1O)Oc1ccc(-c2oc3cc(O)ccc3c(=O)c2O)cc1O. The molecule has 0 spiro atoms. The maximum absolute atomic E-state index is 13.2. The number of fused-ring (bicyclic) bond motifs is 2. The number of benzene rings is 4. The average molecular weight is 632 g/mol. The molecule has 228 valence electrons. The van der Waals surface area contributed by atoms with Gasteiger partial charge in [0.15, 0.2) is 34.5 Å². The van der Waals surface area contributed by atoms with Gasteiger partial charge >= 0.3 is 7.60 Å². The van der Waals surface area contributed by atoms with Gasteiger partial charge in [0.05, 0.1) is 17.4 Å². The Morgan fingerprint density at radius 3 is 1.36 bits per heavy atom. The topological polar surface area (TPSA) is 217 Å². The van der Waals surface area contributed by atoms with Crippen molar-refractivity contribution >= 4 is 29.5 Å². The Balaban J connectivity index is 1.25. The standard InChI is InChI=1S/C31H21O13P/c1-45(40,43-22-8-2-14(10-20(22)34)30-28(38)26(36)18-6-4-16(32)12-24(18)41-30)44-23-9-3-15(11-21(23)35)31-29(39)27(37)19-7-5-17(33)13-25(19)42-31/h2-13,32-35,38-39H,1H3. The van der Waals surface area contributed by atoms with Crippen molar-refractivity contribution in [3.05, 3.63) is 93.2 Å². The lowest BCUT2D eigenvalue weighted by atomic mass is 10.1. The van der Waals surface area contributed by atoms with E-state index in [2.05, 4.69) is 0 Å². The van der Waals surface area contributed by atoms with E-state index in [4.69, 9.17) is 17.9 Å². The van der Waals surface area contributed by atoms with Gasteiger partial charge in [-0.1, -0.05) is 0 Å². The molecular formula is C31H21O13P. The first-order valence-corrected chi connectivity index (χ1v) is 14.9. The van der Waals surface area contributed by atoms with Crippen LogP contribution < -0.4 is 19.9 Å². The highest BCUT2D eigenvalue weighted by molar-refractivity contribution is 7.53. The van der Waals surface area contributed by atoms with E-state index in [0.29, 0.717) is 0 Å². The van der Waals surface area contributed by atoms with Gasteiger partial charge in [0, 0.05) is 23.3 Å². The molecule has 13 nitrogen and oxygen atoms in total. The van der Waals surface area contributed by atoms with Crippen LogP contribution in [0.4, 0.5) is 0 Å². The Kier molecular flexibility index (Phi) is 6.82. The van der Waals surface area contributed by atoms with Crippen molar-refractivity contribution in [1.29, 1.82) is 0 Å². The van der Waals surface area contributed by atoms with Crippen LogP contribution in [0.5, 0.6) is 46.0 Å². The lowest BCUT2D eigenvalue weighted by Crippen LogP contribution is -2.03. The summed E-state index contributed by atoms with van der Waals surface area (Å²) in [6, 6.07) is 14.6. The van der Waals surface area contributed by atoms with Crippen LogP contribution in [-0.2, 0) is 4.57 Å². The van der Waals surface area contributed by atoms with Crippen molar-refractivity contribution in [3.8, 4) is 68.6 Å². The minimum atomic E-state index is -4.10. The minimum Gasteiger partial charge on any atom is -0.508 e. The maximum atomic E-state index is 13.2. The molecular weight excluding hydrogens is 611 g/mol. The summed E-state index contributed by atoms with van der Waals surface area (Å²) in [7, 11) is -4.10. The Hall–Kier alpha value is -6.07. The second kappa shape index (κ2) is 10.6. The van der Waals surface area contributed by atoms with E-state index in [9.17, 15) is 44.8 Å². The van der Waals surface area contributed by atoms with Crippen molar-refractivity contribution in [2.45, 2.75) is 0 Å². The largest absolute Gasteiger partial charge is 0.508 e. The zero-order valence-electron chi connectivity index (χ0n) is 22.9. The molecule has 6 N–H and O–H groups in total. The van der Waals surface area contributed by atoms with Crippen LogP contribution in [0.15, 0.2) is 91.2 Å². The Bertz CT molecular complexity index is 2180. The van der Waals surface area contributed by atoms with Crippen molar-refractivity contribution in [3.63, 3.8) is 0 Å². The predicted octanol–water partition coefficient (Wildman–Crippen LogP) is 5.75. The summed E-state index contributed by atoms with van der Waals surface area (Å²) < 4.78 is 35.2. The summed E-state index contributed by atoms with van der Waals surface area (Å²) >= 11 is 0. The molecule has 0 amide bonds. The molecule has 2 aromatic heterocycles. The summed E-state index contributed by atoms with van der Waals surface area (Å²) in [5.74, 6) is -4.18. The van der Waals surface area contributed by atoms with Crippen molar-refractivity contribution < 1.29 is 53.1 Å². The molecule has 0 fully saturated rings. The third-order valence-electron chi connectivity index (χ3n) is 6.67. The molecule has 6 rings (SSSR count). The number of aromatic hydroxyl groups is 6. The third kappa shape index (κ3) is 5.32. The van der Waals surface area contributed by atoms with Gasteiger partial charge in [0.1, 0.15) is 22.7 Å². The molecule has 0 saturated heterocycles. The maximum Gasteiger partial charge on any atom is 0.427 e. The molecule has 4 aromatic carbocycles. The molecule has 0 atom stereocenters. The highest BCUT2D eigenvalue weighted by atomic mass is 31.2. The normalized spacial score (nSPS) is 11.6. The second-order valence-electron chi connectivity index (χ2n) is 9.90. The zero-order valence-corrected chi connectivity index (χ0v) is 23.8. The van der Waals surface area contributed by atoms with Gasteiger partial charge < -0.3 is 48.5 Å². The monoisotopic (exact) mass is 632 g/mol. The Morgan fingerprint density at radius 2 is 0.978 bits per heavy atom. The number of rotatable bonds is 6. The fourth-order valence-corrected chi connectivity index (χ4v) is 5.64. The molecule has 6 aromatic rings. The summed E-state index contributed by atoms with van der Waals surface area (Å²) in [5, 5.41) is 61.5. The van der Waals surface area contributed by atoms with Gasteiger partial charge in [-0.3, -0.25) is 9.59 Å². The van der Waals surface area contributed by atoms with Crippen LogP contribution >= 0.6 is 7.60 Å². The lowest BCUT2D eigenvalue weighted by molar-refractivity contribution is 0.364. The first kappa shape index (κ1) is 29.0. The fourth-order valence-electron chi connectivity index (χ4n) is 4.58. The highest BCUT2D eigenvalue weighted by Gasteiger charge is 2.26. The van der Waals surface area contributed by atoms with E-state index < -0.39 is 41.5 Å². The van der Waals surface area contributed by atoms with E-state index in [-0.39, 0.29) is 67.6 Å². The number of phenolic OH excluding ortho intramolecular Hbond substituents is 4. The molecule has 0 unspecified atom stereocenters. The predicted molar refractivity (Wildman–Crippen MR) is 161 cm³/mol. The lowest BCUT2D eigenvalue weighted by Gasteiger charge is -2.18.